The van der Waals surface area contributed by atoms with E-state index in [1.165, 1.54) is 11.8 Å². The third kappa shape index (κ3) is 4.19. The van der Waals surface area contributed by atoms with Gasteiger partial charge in [-0.2, -0.15) is 0 Å². The van der Waals surface area contributed by atoms with Gasteiger partial charge in [0.2, 0.25) is 11.1 Å². The van der Waals surface area contributed by atoms with Crippen LogP contribution in [-0.4, -0.2) is 56.9 Å². The maximum absolute atomic E-state index is 12.5. The lowest BCUT2D eigenvalue weighted by atomic mass is 10.1. The highest BCUT2D eigenvalue weighted by molar-refractivity contribution is 7.99. The number of rotatable bonds is 7. The van der Waals surface area contributed by atoms with Crippen LogP contribution in [0.1, 0.15) is 36.0 Å². The van der Waals surface area contributed by atoms with Crippen LogP contribution in [0.2, 0.25) is 0 Å². The summed E-state index contributed by atoms with van der Waals surface area (Å²) in [6.45, 7) is 2.14. The van der Waals surface area contributed by atoms with Gasteiger partial charge in [-0.3, -0.25) is 9.59 Å². The van der Waals surface area contributed by atoms with Gasteiger partial charge >= 0.3 is 0 Å². The molecule has 2 aliphatic heterocycles. The van der Waals surface area contributed by atoms with Crippen LogP contribution in [0, 0.1) is 0 Å². The molecule has 0 spiro atoms. The number of hydrogen-bond donors (Lipinski definition) is 0. The fourth-order valence-electron chi connectivity index (χ4n) is 3.36. The maximum Gasteiger partial charge on any atom is 0.227 e. The summed E-state index contributed by atoms with van der Waals surface area (Å²) in [4.78, 5) is 26.1. The molecule has 2 fully saturated rings. The molecule has 1 aromatic carbocycles. The first-order valence-electron chi connectivity index (χ1n) is 9.15. The summed E-state index contributed by atoms with van der Waals surface area (Å²) in [6.07, 6.45) is 3.69. The summed E-state index contributed by atoms with van der Waals surface area (Å²) in [5, 5.41) is 12.3. The minimum atomic E-state index is 0.00552. The maximum atomic E-state index is 12.5. The second-order valence-corrected chi connectivity index (χ2v) is 7.63. The number of anilines is 1. The van der Waals surface area contributed by atoms with Crippen molar-refractivity contribution in [2.75, 3.05) is 23.8 Å². The molecule has 1 unspecified atom stereocenters. The molecule has 2 saturated heterocycles. The quantitative estimate of drug-likeness (QED) is 0.530. The van der Waals surface area contributed by atoms with Gasteiger partial charge in [0.25, 0.3) is 0 Å². The molecule has 2 aliphatic rings. The fraction of sp³-hybridized carbons (Fsp3) is 0.500. The number of tetrazole rings is 1. The third-order valence-electron chi connectivity index (χ3n) is 4.81. The molecule has 1 aromatic heterocycles. The largest absolute Gasteiger partial charge is 0.376 e. The zero-order valence-corrected chi connectivity index (χ0v) is 15.7. The number of carbonyl (C=O) groups excluding carboxylic acids is 2. The topological polar surface area (TPSA) is 90.2 Å². The Morgan fingerprint density at radius 2 is 2.11 bits per heavy atom. The van der Waals surface area contributed by atoms with Gasteiger partial charge in [0.15, 0.2) is 5.78 Å². The highest BCUT2D eigenvalue weighted by atomic mass is 32.2. The number of thioether (sulfide) groups is 1. The van der Waals surface area contributed by atoms with Crippen molar-refractivity contribution in [3.8, 4) is 0 Å². The smallest absolute Gasteiger partial charge is 0.227 e. The summed E-state index contributed by atoms with van der Waals surface area (Å²) in [7, 11) is 0. The molecule has 4 rings (SSSR count). The van der Waals surface area contributed by atoms with Crippen LogP contribution in [0.15, 0.2) is 29.4 Å². The van der Waals surface area contributed by atoms with E-state index in [1.54, 1.807) is 21.7 Å². The Morgan fingerprint density at radius 3 is 2.81 bits per heavy atom. The summed E-state index contributed by atoms with van der Waals surface area (Å²) in [5.41, 5.74) is 1.47. The number of ether oxygens (including phenoxy) is 1. The van der Waals surface area contributed by atoms with E-state index in [0.717, 1.165) is 38.1 Å². The SMILES string of the molecule is O=C(CSc1nnnn1CC1CCCO1)c1ccc(N2CCCC2=O)cc1. The Labute approximate surface area is 161 Å². The number of amides is 1. The summed E-state index contributed by atoms with van der Waals surface area (Å²) < 4.78 is 7.32. The van der Waals surface area contributed by atoms with Crippen LogP contribution < -0.4 is 4.90 Å². The van der Waals surface area contributed by atoms with Crippen LogP contribution in [0.4, 0.5) is 5.69 Å². The molecule has 0 radical (unpaired) electrons. The average Bonchev–Trinajstić information content (AvgIpc) is 3.43. The Hall–Kier alpha value is -2.26. The fourth-order valence-corrected chi connectivity index (χ4v) is 4.14. The minimum Gasteiger partial charge on any atom is -0.376 e. The summed E-state index contributed by atoms with van der Waals surface area (Å²) >= 11 is 1.33. The monoisotopic (exact) mass is 387 g/mol. The van der Waals surface area contributed by atoms with Gasteiger partial charge in [0, 0.05) is 30.8 Å². The second-order valence-electron chi connectivity index (χ2n) is 6.69. The Bertz CT molecular complexity index is 817. The Kier molecular flexibility index (Phi) is 5.49. The highest BCUT2D eigenvalue weighted by Gasteiger charge is 2.22. The molecule has 9 heteroatoms. The lowest BCUT2D eigenvalue weighted by Gasteiger charge is -2.15. The molecule has 27 heavy (non-hydrogen) atoms. The average molecular weight is 387 g/mol. The van der Waals surface area contributed by atoms with Gasteiger partial charge in [0.1, 0.15) is 0 Å². The van der Waals surface area contributed by atoms with Crippen LogP contribution in [-0.2, 0) is 16.1 Å². The lowest BCUT2D eigenvalue weighted by Crippen LogP contribution is -2.23. The van der Waals surface area contributed by atoms with Crippen molar-refractivity contribution in [3.05, 3.63) is 29.8 Å². The Morgan fingerprint density at radius 1 is 1.26 bits per heavy atom. The van der Waals surface area contributed by atoms with Gasteiger partial charge in [-0.15, -0.1) is 5.10 Å². The van der Waals surface area contributed by atoms with E-state index >= 15 is 0 Å². The van der Waals surface area contributed by atoms with Crippen molar-refractivity contribution in [3.63, 3.8) is 0 Å². The van der Waals surface area contributed by atoms with Crippen LogP contribution in [0.25, 0.3) is 0 Å². The van der Waals surface area contributed by atoms with Gasteiger partial charge in [-0.25, -0.2) is 4.68 Å². The molecule has 1 atom stereocenters. The Balaban J connectivity index is 1.34. The zero-order valence-electron chi connectivity index (χ0n) is 14.9. The van der Waals surface area contributed by atoms with E-state index in [0.29, 0.717) is 23.7 Å². The minimum absolute atomic E-state index is 0.00552. The van der Waals surface area contributed by atoms with Gasteiger partial charge < -0.3 is 9.64 Å². The van der Waals surface area contributed by atoms with E-state index < -0.39 is 0 Å². The van der Waals surface area contributed by atoms with Crippen molar-refractivity contribution in [2.24, 2.45) is 0 Å². The molecular weight excluding hydrogens is 366 g/mol. The second kappa shape index (κ2) is 8.18. The van der Waals surface area contributed by atoms with Crippen molar-refractivity contribution < 1.29 is 14.3 Å². The van der Waals surface area contributed by atoms with Gasteiger partial charge in [-0.1, -0.05) is 11.8 Å². The van der Waals surface area contributed by atoms with E-state index in [9.17, 15) is 9.59 Å². The molecule has 0 bridgehead atoms. The number of aromatic nitrogens is 4. The zero-order chi connectivity index (χ0) is 18.6. The van der Waals surface area contributed by atoms with E-state index in [4.69, 9.17) is 4.74 Å². The van der Waals surface area contributed by atoms with Crippen molar-refractivity contribution in [2.45, 2.75) is 43.5 Å². The van der Waals surface area contributed by atoms with Crippen LogP contribution in [0.5, 0.6) is 0 Å². The predicted octanol–water partition coefficient (Wildman–Crippen LogP) is 1.95. The number of ketones is 1. The number of hydrogen-bond acceptors (Lipinski definition) is 7. The number of nitrogens with zero attached hydrogens (tertiary/aromatic N) is 5. The first-order chi connectivity index (χ1) is 13.2. The first-order valence-corrected chi connectivity index (χ1v) is 10.1. The van der Waals surface area contributed by atoms with Crippen LogP contribution >= 0.6 is 11.8 Å². The molecule has 0 aliphatic carbocycles. The van der Waals surface area contributed by atoms with Crippen molar-refractivity contribution in [1.29, 1.82) is 0 Å². The van der Waals surface area contributed by atoms with E-state index in [2.05, 4.69) is 15.5 Å². The number of carbonyl (C=O) groups is 2. The third-order valence-corrected chi connectivity index (χ3v) is 5.76. The first kappa shape index (κ1) is 18.1. The standard InChI is InChI=1S/C18H21N5O3S/c24-16(13-5-7-14(8-6-13)22-9-1-4-17(22)25)12-27-18-19-20-21-23(18)11-15-3-2-10-26-15/h5-8,15H,1-4,9-12H2. The van der Waals surface area contributed by atoms with Gasteiger partial charge in [-0.05, 0) is 54.0 Å². The van der Waals surface area contributed by atoms with E-state index in [1.807, 2.05) is 12.1 Å². The van der Waals surface area contributed by atoms with Crippen molar-refractivity contribution in [1.82, 2.24) is 20.2 Å². The molecule has 0 saturated carbocycles. The summed E-state index contributed by atoms with van der Waals surface area (Å²) in [5.74, 6) is 0.405. The van der Waals surface area contributed by atoms with E-state index in [-0.39, 0.29) is 23.5 Å². The number of Topliss-reactive ketones (excluding diaryl/α,β-unsaturated/α-hetero) is 1. The predicted molar refractivity (Wildman–Crippen MR) is 99.9 cm³/mol. The summed E-state index contributed by atoms with van der Waals surface area (Å²) in [6, 6.07) is 7.23. The molecule has 142 valence electrons. The number of benzene rings is 1. The van der Waals surface area contributed by atoms with Gasteiger partial charge in [0.05, 0.1) is 18.4 Å². The van der Waals surface area contributed by atoms with Crippen molar-refractivity contribution >= 4 is 29.1 Å². The molecule has 2 aromatic rings. The normalized spacial score (nSPS) is 19.8. The molecule has 1 amide bonds. The van der Waals surface area contributed by atoms with Crippen LogP contribution in [0.3, 0.4) is 0 Å². The lowest BCUT2D eigenvalue weighted by molar-refractivity contribution is -0.117. The molecular formula is C18H21N5O3S. The highest BCUT2D eigenvalue weighted by Crippen LogP contribution is 2.23. The molecule has 8 nitrogen and oxygen atoms in total. The molecule has 0 N–H and O–H groups in total. The molecule has 3 heterocycles.